The quantitative estimate of drug-likeness (QED) is 0.928. The molecule has 1 aliphatic heterocycles. The molecule has 0 radical (unpaired) electrons. The number of carbonyl (C=O) groups excluding carboxylic acids is 1. The van der Waals surface area contributed by atoms with Crippen LogP contribution in [0.25, 0.3) is 0 Å². The van der Waals surface area contributed by atoms with E-state index in [-0.39, 0.29) is 17.1 Å². The second-order valence-electron chi connectivity index (χ2n) is 4.79. The van der Waals surface area contributed by atoms with E-state index in [1.54, 1.807) is 0 Å². The normalized spacial score (nSPS) is 14.1. The van der Waals surface area contributed by atoms with Gasteiger partial charge in [-0.15, -0.1) is 0 Å². The van der Waals surface area contributed by atoms with Crippen molar-refractivity contribution >= 4 is 11.6 Å². The van der Waals surface area contributed by atoms with Crippen LogP contribution in [0.4, 0.5) is 18.9 Å². The summed E-state index contributed by atoms with van der Waals surface area (Å²) >= 11 is 0. The molecular formula is C14H12F3N3O2. The Labute approximate surface area is 123 Å². The van der Waals surface area contributed by atoms with Crippen LogP contribution >= 0.6 is 0 Å². The fourth-order valence-corrected chi connectivity index (χ4v) is 2.25. The average molecular weight is 311 g/mol. The van der Waals surface area contributed by atoms with Crippen LogP contribution in [0.15, 0.2) is 30.5 Å². The number of hydrogen-bond acceptors (Lipinski definition) is 3. The molecule has 1 aromatic heterocycles. The number of carbonyl (C=O) groups is 1. The summed E-state index contributed by atoms with van der Waals surface area (Å²) in [7, 11) is 0. The molecule has 1 N–H and O–H groups in total. The summed E-state index contributed by atoms with van der Waals surface area (Å²) in [5.74, 6) is -0.395. The zero-order valence-corrected chi connectivity index (χ0v) is 11.4. The Balaban J connectivity index is 1.88. The molecule has 2 aromatic rings. The highest BCUT2D eigenvalue weighted by molar-refractivity contribution is 6.06. The molecule has 0 fully saturated rings. The van der Waals surface area contributed by atoms with Crippen LogP contribution in [0.3, 0.4) is 0 Å². The van der Waals surface area contributed by atoms with Crippen LogP contribution in [-0.2, 0) is 12.7 Å². The lowest BCUT2D eigenvalue weighted by molar-refractivity contribution is -0.136. The van der Waals surface area contributed by atoms with Crippen LogP contribution < -0.4 is 10.1 Å². The molecule has 1 aromatic carbocycles. The fourth-order valence-electron chi connectivity index (χ4n) is 2.25. The van der Waals surface area contributed by atoms with Gasteiger partial charge in [0.15, 0.2) is 0 Å². The lowest BCUT2D eigenvalue weighted by Crippen LogP contribution is -2.19. The van der Waals surface area contributed by atoms with E-state index in [1.165, 1.54) is 29.1 Å². The summed E-state index contributed by atoms with van der Waals surface area (Å²) in [6.45, 7) is 1.06. The van der Waals surface area contributed by atoms with Crippen molar-refractivity contribution in [2.75, 3.05) is 11.9 Å². The summed E-state index contributed by atoms with van der Waals surface area (Å²) in [6.07, 6.45) is -2.47. The molecule has 0 bridgehead atoms. The standard InChI is InChI=1S/C14H12F3N3O2/c15-14(16,17)10-4-1-2-5-11(10)19-12(21)9-8-18-20-6-3-7-22-13(9)20/h1-2,4-5,8H,3,6-7H2,(H,19,21). The molecule has 0 atom stereocenters. The number of anilines is 1. The first-order chi connectivity index (χ1) is 10.5. The zero-order valence-electron chi connectivity index (χ0n) is 11.4. The van der Waals surface area contributed by atoms with Gasteiger partial charge in [0.05, 0.1) is 24.1 Å². The molecule has 2 heterocycles. The van der Waals surface area contributed by atoms with Crippen molar-refractivity contribution in [3.63, 3.8) is 0 Å². The number of alkyl halides is 3. The molecule has 1 aliphatic rings. The van der Waals surface area contributed by atoms with Gasteiger partial charge in [0.2, 0.25) is 5.88 Å². The van der Waals surface area contributed by atoms with Gasteiger partial charge >= 0.3 is 6.18 Å². The van der Waals surface area contributed by atoms with Crippen molar-refractivity contribution in [3.05, 3.63) is 41.6 Å². The van der Waals surface area contributed by atoms with Crippen LogP contribution in [0.2, 0.25) is 0 Å². The number of benzene rings is 1. The number of para-hydroxylation sites is 1. The number of nitrogens with one attached hydrogen (secondary N) is 1. The minimum atomic E-state index is -4.54. The first kappa shape index (κ1) is 14.4. The van der Waals surface area contributed by atoms with Gasteiger partial charge in [-0.25, -0.2) is 4.68 Å². The first-order valence-electron chi connectivity index (χ1n) is 6.63. The van der Waals surface area contributed by atoms with E-state index >= 15 is 0 Å². The maximum atomic E-state index is 12.9. The summed E-state index contributed by atoms with van der Waals surface area (Å²) in [6, 6.07) is 4.81. The Bertz CT molecular complexity index is 710. The Morgan fingerprint density at radius 2 is 2.09 bits per heavy atom. The van der Waals surface area contributed by atoms with Crippen molar-refractivity contribution in [2.24, 2.45) is 0 Å². The van der Waals surface area contributed by atoms with Gasteiger partial charge < -0.3 is 10.1 Å². The third-order valence-corrected chi connectivity index (χ3v) is 3.27. The topological polar surface area (TPSA) is 56.2 Å². The maximum absolute atomic E-state index is 12.9. The van der Waals surface area contributed by atoms with Crippen molar-refractivity contribution in [1.82, 2.24) is 9.78 Å². The van der Waals surface area contributed by atoms with Crippen LogP contribution in [0, 0.1) is 0 Å². The number of hydrogen-bond donors (Lipinski definition) is 1. The molecule has 0 aliphatic carbocycles. The van der Waals surface area contributed by atoms with Gasteiger partial charge in [0, 0.05) is 13.0 Å². The minimum Gasteiger partial charge on any atom is -0.477 e. The van der Waals surface area contributed by atoms with Crippen LogP contribution in [0.1, 0.15) is 22.3 Å². The largest absolute Gasteiger partial charge is 0.477 e. The Morgan fingerprint density at radius 3 is 2.86 bits per heavy atom. The summed E-state index contributed by atoms with van der Waals surface area (Å²) in [5.41, 5.74) is -1.07. The number of aromatic nitrogens is 2. The van der Waals surface area contributed by atoms with Gasteiger partial charge in [0.1, 0.15) is 5.56 Å². The summed E-state index contributed by atoms with van der Waals surface area (Å²) < 4.78 is 45.7. The molecular weight excluding hydrogens is 299 g/mol. The second-order valence-corrected chi connectivity index (χ2v) is 4.79. The van der Waals surface area contributed by atoms with Gasteiger partial charge in [-0.3, -0.25) is 4.79 Å². The summed E-state index contributed by atoms with van der Waals surface area (Å²) in [5, 5.41) is 6.28. The highest BCUT2D eigenvalue weighted by Gasteiger charge is 2.34. The lowest BCUT2D eigenvalue weighted by atomic mass is 10.1. The van der Waals surface area contributed by atoms with Crippen LogP contribution in [-0.4, -0.2) is 22.3 Å². The van der Waals surface area contributed by atoms with Crippen molar-refractivity contribution in [2.45, 2.75) is 19.1 Å². The van der Waals surface area contributed by atoms with E-state index in [0.717, 1.165) is 12.5 Å². The number of nitrogens with zero attached hydrogens (tertiary/aromatic N) is 2. The monoisotopic (exact) mass is 311 g/mol. The number of halogens is 3. The van der Waals surface area contributed by atoms with E-state index in [0.29, 0.717) is 13.2 Å². The molecule has 0 unspecified atom stereocenters. The van der Waals surface area contributed by atoms with Crippen LogP contribution in [0.5, 0.6) is 5.88 Å². The second kappa shape index (κ2) is 5.36. The molecule has 8 heteroatoms. The Kier molecular flexibility index (Phi) is 3.51. The minimum absolute atomic E-state index is 0.122. The van der Waals surface area contributed by atoms with E-state index in [1.807, 2.05) is 0 Å². The molecule has 0 saturated carbocycles. The van der Waals surface area contributed by atoms with Crippen molar-refractivity contribution in [3.8, 4) is 5.88 Å². The third kappa shape index (κ3) is 2.63. The van der Waals surface area contributed by atoms with Crippen molar-refractivity contribution < 1.29 is 22.7 Å². The Hall–Kier alpha value is -2.51. The molecule has 3 rings (SSSR count). The molecule has 1 amide bonds. The smallest absolute Gasteiger partial charge is 0.418 e. The van der Waals surface area contributed by atoms with E-state index in [4.69, 9.17) is 4.74 Å². The number of rotatable bonds is 2. The summed E-state index contributed by atoms with van der Waals surface area (Å²) in [4.78, 5) is 12.2. The molecule has 0 saturated heterocycles. The fraction of sp³-hybridized carbons (Fsp3) is 0.286. The predicted octanol–water partition coefficient (Wildman–Crippen LogP) is 2.94. The third-order valence-electron chi connectivity index (χ3n) is 3.27. The van der Waals surface area contributed by atoms with E-state index < -0.39 is 17.6 Å². The highest BCUT2D eigenvalue weighted by Crippen LogP contribution is 2.35. The number of amides is 1. The molecule has 5 nitrogen and oxygen atoms in total. The predicted molar refractivity (Wildman–Crippen MR) is 71.7 cm³/mol. The van der Waals surface area contributed by atoms with E-state index in [2.05, 4.69) is 10.4 Å². The van der Waals surface area contributed by atoms with Gasteiger partial charge in [-0.05, 0) is 12.1 Å². The van der Waals surface area contributed by atoms with Gasteiger partial charge in [0.25, 0.3) is 5.91 Å². The SMILES string of the molecule is O=C(Nc1ccccc1C(F)(F)F)c1cnn2c1OCCC2. The van der Waals surface area contributed by atoms with Gasteiger partial charge in [-0.2, -0.15) is 18.3 Å². The number of fused-ring (bicyclic) bond motifs is 1. The molecule has 116 valence electrons. The van der Waals surface area contributed by atoms with Gasteiger partial charge in [-0.1, -0.05) is 12.1 Å². The van der Waals surface area contributed by atoms with E-state index in [9.17, 15) is 18.0 Å². The number of ether oxygens (including phenoxy) is 1. The maximum Gasteiger partial charge on any atom is 0.418 e. The zero-order chi connectivity index (χ0) is 15.7. The Morgan fingerprint density at radius 1 is 1.32 bits per heavy atom. The molecule has 22 heavy (non-hydrogen) atoms. The highest BCUT2D eigenvalue weighted by atomic mass is 19.4. The van der Waals surface area contributed by atoms with Crippen molar-refractivity contribution in [1.29, 1.82) is 0 Å². The lowest BCUT2D eigenvalue weighted by Gasteiger charge is -2.16. The first-order valence-corrected chi connectivity index (χ1v) is 6.63. The molecule has 0 spiro atoms. The number of aryl methyl sites for hydroxylation is 1. The average Bonchev–Trinajstić information content (AvgIpc) is 2.90.